The van der Waals surface area contributed by atoms with Gasteiger partial charge in [0.1, 0.15) is 5.69 Å². The summed E-state index contributed by atoms with van der Waals surface area (Å²) >= 11 is 0. The van der Waals surface area contributed by atoms with Gasteiger partial charge in [-0.3, -0.25) is 4.79 Å². The molecule has 3 rings (SSSR count). The van der Waals surface area contributed by atoms with E-state index >= 15 is 0 Å². The van der Waals surface area contributed by atoms with Crippen LogP contribution < -0.4 is 5.73 Å². The maximum Gasteiger partial charge on any atom is 0.272 e. The molecule has 21 heavy (non-hydrogen) atoms. The Morgan fingerprint density at radius 3 is 2.67 bits per heavy atom. The van der Waals surface area contributed by atoms with Crippen LogP contribution in [0.25, 0.3) is 10.9 Å². The molecule has 1 fully saturated rings. The minimum atomic E-state index is 0.0276. The smallest absolute Gasteiger partial charge is 0.272 e. The van der Waals surface area contributed by atoms with Crippen molar-refractivity contribution in [3.8, 4) is 0 Å². The average Bonchev–Trinajstić information content (AvgIpc) is 2.54. The molecule has 0 aliphatic carbocycles. The Balaban J connectivity index is 1.78. The van der Waals surface area contributed by atoms with Crippen LogP contribution in [-0.2, 0) is 0 Å². The minimum absolute atomic E-state index is 0.0276. The molecule has 1 aromatic heterocycles. The summed E-state index contributed by atoms with van der Waals surface area (Å²) in [5.41, 5.74) is 7.39. The standard InChI is InChI=1S/C17H21N3O/c1-17(12-18)8-10-20(11-9-17)16(21)15-7-6-13-4-2-3-5-14(13)19-15/h2-7H,8-12,18H2,1H3. The Morgan fingerprint density at radius 1 is 1.24 bits per heavy atom. The Morgan fingerprint density at radius 2 is 1.95 bits per heavy atom. The van der Waals surface area contributed by atoms with Gasteiger partial charge < -0.3 is 10.6 Å². The number of piperidine rings is 1. The molecule has 0 radical (unpaired) electrons. The van der Waals surface area contributed by atoms with Crippen LogP contribution in [0.3, 0.4) is 0 Å². The molecule has 2 aromatic rings. The Labute approximate surface area is 125 Å². The lowest BCUT2D eigenvalue weighted by Gasteiger charge is -2.38. The molecule has 1 aromatic carbocycles. The van der Waals surface area contributed by atoms with Crippen LogP contribution in [0, 0.1) is 5.41 Å². The predicted octanol–water partition coefficient (Wildman–Crippen LogP) is 2.44. The van der Waals surface area contributed by atoms with E-state index in [4.69, 9.17) is 5.73 Å². The summed E-state index contributed by atoms with van der Waals surface area (Å²) in [7, 11) is 0. The van der Waals surface area contributed by atoms with E-state index < -0.39 is 0 Å². The van der Waals surface area contributed by atoms with E-state index in [1.54, 1.807) is 0 Å². The monoisotopic (exact) mass is 283 g/mol. The molecular weight excluding hydrogens is 262 g/mol. The van der Waals surface area contributed by atoms with Crippen LogP contribution in [0.2, 0.25) is 0 Å². The second-order valence-corrected chi connectivity index (χ2v) is 6.20. The number of amides is 1. The number of hydrogen-bond acceptors (Lipinski definition) is 3. The van der Waals surface area contributed by atoms with Crippen LogP contribution >= 0.6 is 0 Å². The molecule has 1 saturated heterocycles. The second-order valence-electron chi connectivity index (χ2n) is 6.20. The second kappa shape index (κ2) is 5.45. The molecule has 110 valence electrons. The van der Waals surface area contributed by atoms with E-state index in [-0.39, 0.29) is 11.3 Å². The topological polar surface area (TPSA) is 59.2 Å². The van der Waals surface area contributed by atoms with Crippen molar-refractivity contribution in [3.05, 3.63) is 42.1 Å². The number of nitrogens with two attached hydrogens (primary N) is 1. The van der Waals surface area contributed by atoms with Crippen molar-refractivity contribution in [1.29, 1.82) is 0 Å². The number of hydrogen-bond donors (Lipinski definition) is 1. The maximum atomic E-state index is 12.6. The number of para-hydroxylation sites is 1. The zero-order valence-electron chi connectivity index (χ0n) is 12.4. The van der Waals surface area contributed by atoms with E-state index in [0.29, 0.717) is 12.2 Å². The van der Waals surface area contributed by atoms with E-state index in [2.05, 4.69) is 11.9 Å². The average molecular weight is 283 g/mol. The van der Waals surface area contributed by atoms with Gasteiger partial charge in [-0.05, 0) is 36.9 Å². The molecule has 2 heterocycles. The summed E-state index contributed by atoms with van der Waals surface area (Å²) in [6, 6.07) is 11.6. The van der Waals surface area contributed by atoms with Crippen molar-refractivity contribution < 1.29 is 4.79 Å². The predicted molar refractivity (Wildman–Crippen MR) is 84.0 cm³/mol. The maximum absolute atomic E-state index is 12.6. The number of aromatic nitrogens is 1. The summed E-state index contributed by atoms with van der Waals surface area (Å²) in [4.78, 5) is 19.0. The van der Waals surface area contributed by atoms with Gasteiger partial charge in [0.2, 0.25) is 0 Å². The molecule has 4 nitrogen and oxygen atoms in total. The highest BCUT2D eigenvalue weighted by atomic mass is 16.2. The zero-order valence-corrected chi connectivity index (χ0v) is 12.4. The van der Waals surface area contributed by atoms with Crippen LogP contribution in [-0.4, -0.2) is 35.4 Å². The summed E-state index contributed by atoms with van der Waals surface area (Å²) in [5, 5.41) is 1.06. The van der Waals surface area contributed by atoms with Crippen molar-refractivity contribution in [1.82, 2.24) is 9.88 Å². The highest BCUT2D eigenvalue weighted by molar-refractivity contribution is 5.94. The molecule has 1 amide bonds. The lowest BCUT2D eigenvalue weighted by molar-refractivity contribution is 0.0612. The molecule has 2 N–H and O–H groups in total. The van der Waals surface area contributed by atoms with Gasteiger partial charge in [-0.25, -0.2) is 4.98 Å². The van der Waals surface area contributed by atoms with Crippen molar-refractivity contribution in [3.63, 3.8) is 0 Å². The molecule has 0 atom stereocenters. The minimum Gasteiger partial charge on any atom is -0.337 e. The van der Waals surface area contributed by atoms with E-state index in [0.717, 1.165) is 36.8 Å². The van der Waals surface area contributed by atoms with Crippen molar-refractivity contribution in [2.45, 2.75) is 19.8 Å². The van der Waals surface area contributed by atoms with Crippen molar-refractivity contribution in [2.24, 2.45) is 11.1 Å². The number of rotatable bonds is 2. The number of carbonyl (C=O) groups excluding carboxylic acids is 1. The van der Waals surface area contributed by atoms with E-state index in [1.165, 1.54) is 0 Å². The molecule has 0 unspecified atom stereocenters. The Bertz CT molecular complexity index is 660. The van der Waals surface area contributed by atoms with Crippen molar-refractivity contribution in [2.75, 3.05) is 19.6 Å². The Kier molecular flexibility index (Phi) is 3.64. The van der Waals surface area contributed by atoms with Crippen molar-refractivity contribution >= 4 is 16.8 Å². The largest absolute Gasteiger partial charge is 0.337 e. The van der Waals surface area contributed by atoms with Crippen LogP contribution in [0.1, 0.15) is 30.3 Å². The summed E-state index contributed by atoms with van der Waals surface area (Å²) < 4.78 is 0. The molecule has 0 spiro atoms. The zero-order chi connectivity index (χ0) is 14.9. The Hall–Kier alpha value is -1.94. The molecule has 0 bridgehead atoms. The fraction of sp³-hybridized carbons (Fsp3) is 0.412. The first-order valence-electron chi connectivity index (χ1n) is 7.46. The SMILES string of the molecule is CC1(CN)CCN(C(=O)c2ccc3ccccc3n2)CC1. The summed E-state index contributed by atoms with van der Waals surface area (Å²) in [6.07, 6.45) is 1.92. The van der Waals surface area contributed by atoms with Gasteiger partial charge in [0.05, 0.1) is 5.52 Å². The third-order valence-corrected chi connectivity index (χ3v) is 4.57. The van der Waals surface area contributed by atoms with Gasteiger partial charge in [-0.1, -0.05) is 31.2 Å². The molecule has 4 heteroatoms. The third kappa shape index (κ3) is 2.76. The number of carbonyl (C=O) groups is 1. The number of pyridine rings is 1. The first kappa shape index (κ1) is 14.0. The number of benzene rings is 1. The molecular formula is C17H21N3O. The lowest BCUT2D eigenvalue weighted by atomic mass is 9.80. The van der Waals surface area contributed by atoms with Gasteiger partial charge in [-0.2, -0.15) is 0 Å². The highest BCUT2D eigenvalue weighted by Gasteiger charge is 2.31. The van der Waals surface area contributed by atoms with Crippen LogP contribution in [0.4, 0.5) is 0 Å². The van der Waals surface area contributed by atoms with Crippen LogP contribution in [0.5, 0.6) is 0 Å². The first-order chi connectivity index (χ1) is 10.1. The van der Waals surface area contributed by atoms with Gasteiger partial charge in [0.15, 0.2) is 0 Å². The fourth-order valence-corrected chi connectivity index (χ4v) is 2.80. The van der Waals surface area contributed by atoms with Gasteiger partial charge in [-0.15, -0.1) is 0 Å². The fourth-order valence-electron chi connectivity index (χ4n) is 2.80. The summed E-state index contributed by atoms with van der Waals surface area (Å²) in [6.45, 7) is 4.41. The van der Waals surface area contributed by atoms with Gasteiger partial charge >= 0.3 is 0 Å². The highest BCUT2D eigenvalue weighted by Crippen LogP contribution is 2.30. The molecule has 1 aliphatic rings. The molecule has 1 aliphatic heterocycles. The number of nitrogens with zero attached hydrogens (tertiary/aromatic N) is 2. The summed E-state index contributed by atoms with van der Waals surface area (Å²) in [5.74, 6) is 0.0276. The van der Waals surface area contributed by atoms with E-state index in [1.807, 2.05) is 41.3 Å². The van der Waals surface area contributed by atoms with E-state index in [9.17, 15) is 4.79 Å². The quantitative estimate of drug-likeness (QED) is 0.921. The van der Waals surface area contributed by atoms with Gasteiger partial charge in [0, 0.05) is 18.5 Å². The number of fused-ring (bicyclic) bond motifs is 1. The first-order valence-corrected chi connectivity index (χ1v) is 7.46. The molecule has 0 saturated carbocycles. The lowest BCUT2D eigenvalue weighted by Crippen LogP contribution is -2.44. The van der Waals surface area contributed by atoms with Gasteiger partial charge in [0.25, 0.3) is 5.91 Å². The van der Waals surface area contributed by atoms with Crippen LogP contribution in [0.15, 0.2) is 36.4 Å². The number of likely N-dealkylation sites (tertiary alicyclic amines) is 1. The normalized spacial score (nSPS) is 17.9. The third-order valence-electron chi connectivity index (χ3n) is 4.57.